The highest BCUT2D eigenvalue weighted by molar-refractivity contribution is 5.96. The number of hydrogen-bond donors (Lipinski definition) is 3. The Kier molecular flexibility index (Phi) is 4.99. The van der Waals surface area contributed by atoms with E-state index in [2.05, 4.69) is 16.0 Å². The summed E-state index contributed by atoms with van der Waals surface area (Å²) in [6, 6.07) is 5.08. The fourth-order valence-electron chi connectivity index (χ4n) is 3.55. The molecular weight excluding hydrogens is 335 g/mol. The number of rotatable bonds is 4. The van der Waals surface area contributed by atoms with Gasteiger partial charge in [-0.3, -0.25) is 9.59 Å². The van der Waals surface area contributed by atoms with E-state index >= 15 is 0 Å². The molecule has 3 N–H and O–H groups in total. The second-order valence-electron chi connectivity index (χ2n) is 6.63. The molecule has 1 aromatic rings. The summed E-state index contributed by atoms with van der Waals surface area (Å²) in [5.74, 6) is -1.03. The maximum absolute atomic E-state index is 12.7. The Morgan fingerprint density at radius 1 is 1.16 bits per heavy atom. The smallest absolute Gasteiger partial charge is 0.352 e. The first-order valence-electron chi connectivity index (χ1n) is 8.32. The first kappa shape index (κ1) is 17.7. The molecule has 2 heterocycles. The molecule has 0 aromatic heterocycles. The summed E-state index contributed by atoms with van der Waals surface area (Å²) in [6.07, 6.45) is -0.553. The highest BCUT2D eigenvalue weighted by Gasteiger charge is 2.34. The number of alkyl halides is 3. The SMILES string of the molecule is O=C(CNC(=O)c1cccc(C(F)(F)F)c1)NC1CC2CCC(C1)N2. The van der Waals surface area contributed by atoms with Crippen LogP contribution in [0.15, 0.2) is 24.3 Å². The van der Waals surface area contributed by atoms with Crippen molar-refractivity contribution in [2.75, 3.05) is 6.54 Å². The molecule has 2 fully saturated rings. The first-order chi connectivity index (χ1) is 11.8. The monoisotopic (exact) mass is 355 g/mol. The van der Waals surface area contributed by atoms with Crippen molar-refractivity contribution >= 4 is 11.8 Å². The normalized spacial score (nSPS) is 25.5. The minimum Gasteiger partial charge on any atom is -0.352 e. The molecule has 2 amide bonds. The van der Waals surface area contributed by atoms with Crippen molar-refractivity contribution in [1.29, 1.82) is 0 Å². The fourth-order valence-corrected chi connectivity index (χ4v) is 3.55. The predicted octanol–water partition coefficient (Wildman–Crippen LogP) is 1.83. The van der Waals surface area contributed by atoms with Crippen LogP contribution < -0.4 is 16.0 Å². The van der Waals surface area contributed by atoms with E-state index < -0.39 is 17.6 Å². The molecule has 3 rings (SSSR count). The second-order valence-corrected chi connectivity index (χ2v) is 6.63. The molecule has 2 saturated heterocycles. The van der Waals surface area contributed by atoms with Crippen molar-refractivity contribution in [3.05, 3.63) is 35.4 Å². The van der Waals surface area contributed by atoms with Crippen molar-refractivity contribution in [2.45, 2.75) is 50.0 Å². The minimum absolute atomic E-state index is 0.0803. The van der Waals surface area contributed by atoms with Crippen LogP contribution in [0.2, 0.25) is 0 Å². The third kappa shape index (κ3) is 4.50. The molecule has 1 aromatic carbocycles. The van der Waals surface area contributed by atoms with Gasteiger partial charge >= 0.3 is 6.18 Å². The third-order valence-corrected chi connectivity index (χ3v) is 4.70. The summed E-state index contributed by atoms with van der Waals surface area (Å²) < 4.78 is 38.0. The van der Waals surface area contributed by atoms with Gasteiger partial charge in [0.05, 0.1) is 12.1 Å². The lowest BCUT2D eigenvalue weighted by atomic mass is 10.00. The highest BCUT2D eigenvalue weighted by atomic mass is 19.4. The van der Waals surface area contributed by atoms with Gasteiger partial charge in [-0.05, 0) is 43.9 Å². The lowest BCUT2D eigenvalue weighted by molar-refractivity contribution is -0.137. The van der Waals surface area contributed by atoms with Gasteiger partial charge in [-0.2, -0.15) is 13.2 Å². The standard InChI is InChI=1S/C17H20F3N3O2/c18-17(19,20)11-3-1-2-10(6-11)16(25)21-9-15(24)23-14-7-12-4-5-13(8-14)22-12/h1-3,6,12-14,22H,4-5,7-9H2,(H,21,25)(H,23,24). The van der Waals surface area contributed by atoms with E-state index in [0.29, 0.717) is 12.1 Å². The van der Waals surface area contributed by atoms with Crippen molar-refractivity contribution in [1.82, 2.24) is 16.0 Å². The molecular formula is C17H20F3N3O2. The number of benzene rings is 1. The van der Waals surface area contributed by atoms with Gasteiger partial charge in [-0.25, -0.2) is 0 Å². The quantitative estimate of drug-likeness (QED) is 0.772. The summed E-state index contributed by atoms with van der Waals surface area (Å²) in [5, 5.41) is 8.73. The van der Waals surface area contributed by atoms with E-state index in [1.807, 2.05) is 0 Å². The molecule has 136 valence electrons. The van der Waals surface area contributed by atoms with Crippen LogP contribution in [0.5, 0.6) is 0 Å². The van der Waals surface area contributed by atoms with E-state index in [1.54, 1.807) is 0 Å². The first-order valence-corrected chi connectivity index (χ1v) is 8.32. The number of carbonyl (C=O) groups excluding carboxylic acids is 2. The summed E-state index contributed by atoms with van der Waals surface area (Å²) in [7, 11) is 0. The number of fused-ring (bicyclic) bond motifs is 2. The molecule has 2 aliphatic heterocycles. The van der Waals surface area contributed by atoms with Gasteiger partial charge in [0.2, 0.25) is 5.91 Å². The van der Waals surface area contributed by atoms with Crippen LogP contribution >= 0.6 is 0 Å². The molecule has 0 radical (unpaired) electrons. The van der Waals surface area contributed by atoms with Gasteiger partial charge in [0, 0.05) is 23.7 Å². The number of nitrogens with one attached hydrogen (secondary N) is 3. The Bertz CT molecular complexity index is 651. The number of carbonyl (C=O) groups is 2. The molecule has 2 unspecified atom stereocenters. The van der Waals surface area contributed by atoms with Crippen molar-refractivity contribution < 1.29 is 22.8 Å². The molecule has 25 heavy (non-hydrogen) atoms. The Balaban J connectivity index is 1.49. The zero-order valence-corrected chi connectivity index (χ0v) is 13.5. The van der Waals surface area contributed by atoms with E-state index in [4.69, 9.17) is 0 Å². The van der Waals surface area contributed by atoms with Gasteiger partial charge in [0.15, 0.2) is 0 Å². The zero-order chi connectivity index (χ0) is 18.0. The highest BCUT2D eigenvalue weighted by Crippen LogP contribution is 2.29. The molecule has 0 spiro atoms. The van der Waals surface area contributed by atoms with Crippen LogP contribution in [0.25, 0.3) is 0 Å². The molecule has 2 bridgehead atoms. The molecule has 2 atom stereocenters. The van der Waals surface area contributed by atoms with E-state index in [0.717, 1.165) is 37.8 Å². The van der Waals surface area contributed by atoms with Crippen LogP contribution in [-0.4, -0.2) is 36.5 Å². The van der Waals surface area contributed by atoms with Crippen LogP contribution in [0.1, 0.15) is 41.6 Å². The molecule has 2 aliphatic rings. The maximum atomic E-state index is 12.7. The van der Waals surface area contributed by atoms with Gasteiger partial charge in [0.25, 0.3) is 5.91 Å². The summed E-state index contributed by atoms with van der Waals surface area (Å²) in [5.41, 5.74) is -1.02. The van der Waals surface area contributed by atoms with Gasteiger partial charge in [-0.15, -0.1) is 0 Å². The topological polar surface area (TPSA) is 70.2 Å². The van der Waals surface area contributed by atoms with Crippen LogP contribution in [0.4, 0.5) is 13.2 Å². The summed E-state index contributed by atoms with van der Waals surface area (Å²) in [4.78, 5) is 23.9. The maximum Gasteiger partial charge on any atom is 0.416 e. The van der Waals surface area contributed by atoms with Crippen LogP contribution in [-0.2, 0) is 11.0 Å². The summed E-state index contributed by atoms with van der Waals surface area (Å²) in [6.45, 7) is -0.256. The predicted molar refractivity (Wildman–Crippen MR) is 84.9 cm³/mol. The van der Waals surface area contributed by atoms with Crippen molar-refractivity contribution in [3.8, 4) is 0 Å². The van der Waals surface area contributed by atoms with Crippen molar-refractivity contribution in [2.24, 2.45) is 0 Å². The number of halogens is 3. The molecule has 0 aliphatic carbocycles. The Labute approximate surface area is 143 Å². The Morgan fingerprint density at radius 2 is 1.84 bits per heavy atom. The molecule has 0 saturated carbocycles. The lowest BCUT2D eigenvalue weighted by Crippen LogP contribution is -2.50. The van der Waals surface area contributed by atoms with Crippen LogP contribution in [0, 0.1) is 0 Å². The minimum atomic E-state index is -4.51. The van der Waals surface area contributed by atoms with E-state index in [9.17, 15) is 22.8 Å². The summed E-state index contributed by atoms with van der Waals surface area (Å²) >= 11 is 0. The van der Waals surface area contributed by atoms with E-state index in [1.165, 1.54) is 12.1 Å². The zero-order valence-electron chi connectivity index (χ0n) is 13.5. The molecule has 8 heteroatoms. The Morgan fingerprint density at radius 3 is 2.48 bits per heavy atom. The largest absolute Gasteiger partial charge is 0.416 e. The fraction of sp³-hybridized carbons (Fsp3) is 0.529. The Hall–Kier alpha value is -2.09. The number of hydrogen-bond acceptors (Lipinski definition) is 3. The number of amides is 2. The second kappa shape index (κ2) is 7.03. The van der Waals surface area contributed by atoms with Gasteiger partial charge in [-0.1, -0.05) is 6.07 Å². The average molecular weight is 355 g/mol. The van der Waals surface area contributed by atoms with Crippen LogP contribution in [0.3, 0.4) is 0 Å². The lowest BCUT2D eigenvalue weighted by Gasteiger charge is -2.29. The van der Waals surface area contributed by atoms with Gasteiger partial charge in [0.1, 0.15) is 0 Å². The number of piperidine rings is 1. The molecule has 5 nitrogen and oxygen atoms in total. The van der Waals surface area contributed by atoms with E-state index in [-0.39, 0.29) is 24.1 Å². The van der Waals surface area contributed by atoms with Crippen molar-refractivity contribution in [3.63, 3.8) is 0 Å². The third-order valence-electron chi connectivity index (χ3n) is 4.70. The average Bonchev–Trinajstić information content (AvgIpc) is 2.90. The van der Waals surface area contributed by atoms with Gasteiger partial charge < -0.3 is 16.0 Å².